The molecule has 0 unspecified atom stereocenters. The molecule has 1 amide bonds. The molecule has 1 aromatic heterocycles. The normalized spacial score (nSPS) is 11.1. The van der Waals surface area contributed by atoms with Crippen LogP contribution in [0.1, 0.15) is 68.9 Å². The van der Waals surface area contributed by atoms with Gasteiger partial charge in [-0.1, -0.05) is 62.4 Å². The number of ketones is 2. The zero-order valence-electron chi connectivity index (χ0n) is 25.4. The van der Waals surface area contributed by atoms with Crippen molar-refractivity contribution in [3.8, 4) is 22.4 Å². The Kier molecular flexibility index (Phi) is 10.6. The van der Waals surface area contributed by atoms with E-state index in [9.17, 15) is 23.6 Å². The van der Waals surface area contributed by atoms with Gasteiger partial charge in [0.2, 0.25) is 0 Å². The lowest BCUT2D eigenvalue weighted by Gasteiger charge is -2.17. The number of para-hydroxylation sites is 1. The van der Waals surface area contributed by atoms with Crippen molar-refractivity contribution in [3.05, 3.63) is 102 Å². The number of nitrogens with one attached hydrogen (secondary N) is 1. The lowest BCUT2D eigenvalue weighted by Crippen LogP contribution is -2.19. The van der Waals surface area contributed by atoms with Gasteiger partial charge in [0.05, 0.1) is 23.8 Å². The molecule has 228 valence electrons. The first-order valence-electron chi connectivity index (χ1n) is 14.7. The van der Waals surface area contributed by atoms with Crippen LogP contribution < -0.4 is 5.32 Å². The number of anilines is 1. The lowest BCUT2D eigenvalue weighted by atomic mass is 9.94. The average molecular weight is 597 g/mol. The molecule has 7 nitrogen and oxygen atoms in total. The van der Waals surface area contributed by atoms with Crippen molar-refractivity contribution in [1.29, 1.82) is 0 Å². The molecule has 0 aliphatic carbocycles. The number of esters is 1. The maximum atomic E-state index is 14.1. The predicted octanol–water partition coefficient (Wildman–Crippen LogP) is 7.60. The zero-order chi connectivity index (χ0) is 31.8. The first kappa shape index (κ1) is 32.1. The Morgan fingerprint density at radius 1 is 0.773 bits per heavy atom. The molecule has 3 aromatic carbocycles. The summed E-state index contributed by atoms with van der Waals surface area (Å²) < 4.78 is 21.0. The number of benzene rings is 3. The molecule has 1 N–H and O–H groups in total. The van der Waals surface area contributed by atoms with E-state index in [1.807, 2.05) is 66.9 Å². The minimum atomic E-state index is -0.662. The van der Waals surface area contributed by atoms with Gasteiger partial charge in [0.25, 0.3) is 5.91 Å². The smallest absolute Gasteiger partial charge is 0.313 e. The molecule has 0 aliphatic heterocycles. The van der Waals surface area contributed by atoms with Crippen LogP contribution >= 0.6 is 0 Å². The van der Waals surface area contributed by atoms with Crippen LogP contribution in [0, 0.1) is 5.82 Å². The number of aromatic nitrogens is 1. The van der Waals surface area contributed by atoms with E-state index in [2.05, 4.69) is 5.32 Å². The summed E-state index contributed by atoms with van der Waals surface area (Å²) in [4.78, 5) is 51.5. The van der Waals surface area contributed by atoms with Gasteiger partial charge in [-0.05, 0) is 67.3 Å². The fourth-order valence-electron chi connectivity index (χ4n) is 5.28. The lowest BCUT2D eigenvalue weighted by molar-refractivity contribution is -0.149. The standard InChI is InChI=1S/C36H37FN2O5/c1-23(2)34-33(36(43)38-28-13-9-6-10-14-28)32(25-11-7-5-8-12-25)35(26-15-17-27(37)18-16-26)39(34)20-19-29(40)21-30(41)22-31(42)44-24(3)4/h5-18,23-24H,19-22H2,1-4H3,(H,38,43). The Balaban J connectivity index is 1.81. The molecular weight excluding hydrogens is 559 g/mol. The summed E-state index contributed by atoms with van der Waals surface area (Å²) in [5.74, 6) is -2.37. The van der Waals surface area contributed by atoms with Crippen LogP contribution in [-0.4, -0.2) is 34.1 Å². The summed E-state index contributed by atoms with van der Waals surface area (Å²) in [6, 6.07) is 24.7. The highest BCUT2D eigenvalue weighted by molar-refractivity contribution is 6.12. The van der Waals surface area contributed by atoms with Gasteiger partial charge >= 0.3 is 5.97 Å². The van der Waals surface area contributed by atoms with Crippen LogP contribution in [0.2, 0.25) is 0 Å². The molecule has 0 spiro atoms. The number of amides is 1. The number of halogens is 1. The largest absolute Gasteiger partial charge is 0.463 e. The summed E-state index contributed by atoms with van der Waals surface area (Å²) in [6.07, 6.45) is -1.23. The van der Waals surface area contributed by atoms with E-state index in [0.717, 1.165) is 5.56 Å². The van der Waals surface area contributed by atoms with Gasteiger partial charge in [-0.25, -0.2) is 4.39 Å². The van der Waals surface area contributed by atoms with Gasteiger partial charge in [0.15, 0.2) is 5.78 Å². The minimum Gasteiger partial charge on any atom is -0.463 e. The topological polar surface area (TPSA) is 94.5 Å². The molecule has 0 radical (unpaired) electrons. The SMILES string of the molecule is CC(C)OC(=O)CC(=O)CC(=O)CCn1c(-c2ccc(F)cc2)c(-c2ccccc2)c(C(=O)Nc2ccccc2)c1C(C)C. The molecule has 44 heavy (non-hydrogen) atoms. The van der Waals surface area contributed by atoms with E-state index in [0.29, 0.717) is 33.8 Å². The minimum absolute atomic E-state index is 0.0124. The second-order valence-corrected chi connectivity index (χ2v) is 11.2. The summed E-state index contributed by atoms with van der Waals surface area (Å²) in [5, 5.41) is 3.02. The fraction of sp³-hybridized carbons (Fsp3) is 0.278. The number of carbonyl (C=O) groups is 4. The molecule has 8 heteroatoms. The average Bonchev–Trinajstić information content (AvgIpc) is 3.32. The highest BCUT2D eigenvalue weighted by Crippen LogP contribution is 2.42. The highest BCUT2D eigenvalue weighted by atomic mass is 19.1. The van der Waals surface area contributed by atoms with Gasteiger partial charge in [-0.15, -0.1) is 0 Å². The van der Waals surface area contributed by atoms with E-state index < -0.39 is 30.4 Å². The number of carbonyl (C=O) groups excluding carboxylic acids is 4. The van der Waals surface area contributed by atoms with Crippen molar-refractivity contribution in [2.75, 3.05) is 5.32 Å². The molecule has 0 aliphatic rings. The summed E-state index contributed by atoms with van der Waals surface area (Å²) in [6.45, 7) is 7.49. The third kappa shape index (κ3) is 7.95. The Labute approximate surface area is 257 Å². The maximum Gasteiger partial charge on any atom is 0.313 e. The van der Waals surface area contributed by atoms with Crippen molar-refractivity contribution in [3.63, 3.8) is 0 Å². The van der Waals surface area contributed by atoms with E-state index in [1.54, 1.807) is 38.1 Å². The zero-order valence-corrected chi connectivity index (χ0v) is 25.4. The van der Waals surface area contributed by atoms with Crippen molar-refractivity contribution >= 4 is 29.1 Å². The summed E-state index contributed by atoms with van der Waals surface area (Å²) in [5.41, 5.74) is 4.58. The van der Waals surface area contributed by atoms with Crippen LogP contribution in [0.4, 0.5) is 10.1 Å². The van der Waals surface area contributed by atoms with Crippen molar-refractivity contribution in [1.82, 2.24) is 4.57 Å². The van der Waals surface area contributed by atoms with Crippen LogP contribution in [0.3, 0.4) is 0 Å². The van der Waals surface area contributed by atoms with Gasteiger partial charge in [0, 0.05) is 29.9 Å². The van der Waals surface area contributed by atoms with E-state index in [-0.39, 0.29) is 36.7 Å². The van der Waals surface area contributed by atoms with Crippen molar-refractivity contribution in [2.45, 2.75) is 65.5 Å². The molecule has 0 saturated heterocycles. The Morgan fingerprint density at radius 3 is 1.98 bits per heavy atom. The Hall–Kier alpha value is -4.85. The van der Waals surface area contributed by atoms with Crippen LogP contribution in [0.25, 0.3) is 22.4 Å². The second kappa shape index (κ2) is 14.6. The van der Waals surface area contributed by atoms with Gasteiger partial charge in [0.1, 0.15) is 18.0 Å². The monoisotopic (exact) mass is 596 g/mol. The van der Waals surface area contributed by atoms with Gasteiger partial charge < -0.3 is 14.6 Å². The number of Topliss-reactive ketones (excluding diaryl/α,β-unsaturated/α-hetero) is 2. The number of hydrogen-bond donors (Lipinski definition) is 1. The molecule has 0 bridgehead atoms. The quantitative estimate of drug-likeness (QED) is 0.127. The third-order valence-corrected chi connectivity index (χ3v) is 7.01. The highest BCUT2D eigenvalue weighted by Gasteiger charge is 2.31. The first-order chi connectivity index (χ1) is 21.0. The van der Waals surface area contributed by atoms with E-state index in [1.165, 1.54) is 12.1 Å². The predicted molar refractivity (Wildman–Crippen MR) is 169 cm³/mol. The maximum absolute atomic E-state index is 14.1. The number of rotatable bonds is 13. The molecule has 0 saturated carbocycles. The van der Waals surface area contributed by atoms with E-state index in [4.69, 9.17) is 4.74 Å². The molecule has 1 heterocycles. The van der Waals surface area contributed by atoms with Crippen molar-refractivity contribution in [2.24, 2.45) is 0 Å². The molecule has 4 rings (SSSR count). The van der Waals surface area contributed by atoms with E-state index >= 15 is 0 Å². The number of ether oxygens (including phenoxy) is 1. The van der Waals surface area contributed by atoms with Crippen LogP contribution in [0.15, 0.2) is 84.9 Å². The van der Waals surface area contributed by atoms with Crippen molar-refractivity contribution < 1.29 is 28.3 Å². The third-order valence-electron chi connectivity index (χ3n) is 7.01. The fourth-order valence-corrected chi connectivity index (χ4v) is 5.28. The number of hydrogen-bond acceptors (Lipinski definition) is 5. The van der Waals surface area contributed by atoms with Gasteiger partial charge in [-0.3, -0.25) is 19.2 Å². The Morgan fingerprint density at radius 2 is 1.39 bits per heavy atom. The second-order valence-electron chi connectivity index (χ2n) is 11.2. The molecular formula is C36H37FN2O5. The summed E-state index contributed by atoms with van der Waals surface area (Å²) >= 11 is 0. The summed E-state index contributed by atoms with van der Waals surface area (Å²) in [7, 11) is 0. The number of nitrogens with zero attached hydrogens (tertiary/aromatic N) is 1. The van der Waals surface area contributed by atoms with Crippen LogP contribution in [0.5, 0.6) is 0 Å². The molecule has 0 atom stereocenters. The van der Waals surface area contributed by atoms with Gasteiger partial charge in [-0.2, -0.15) is 0 Å². The molecule has 4 aromatic rings. The van der Waals surface area contributed by atoms with Crippen LogP contribution in [-0.2, 0) is 25.7 Å². The Bertz CT molecular complexity index is 1620. The molecule has 0 fully saturated rings. The first-order valence-corrected chi connectivity index (χ1v) is 14.7.